The molecule has 0 saturated heterocycles. The van der Waals surface area contributed by atoms with Gasteiger partial charge in [0.25, 0.3) is 0 Å². The monoisotopic (exact) mass is 492 g/mol. The lowest BCUT2D eigenvalue weighted by molar-refractivity contribution is 0.0826. The van der Waals surface area contributed by atoms with Crippen LogP contribution in [0.4, 0.5) is 4.39 Å². The van der Waals surface area contributed by atoms with Crippen molar-refractivity contribution in [3.05, 3.63) is 125 Å². The Bertz CT molecular complexity index is 1460. The highest BCUT2D eigenvalue weighted by Gasteiger charge is 2.28. The molecule has 0 saturated carbocycles. The summed E-state index contributed by atoms with van der Waals surface area (Å²) in [5.74, 6) is -0.332. The van der Waals surface area contributed by atoms with E-state index in [0.717, 1.165) is 22.4 Å². The Kier molecular flexibility index (Phi) is 6.70. The molecule has 0 N–H and O–H groups in total. The number of ketones is 1. The lowest BCUT2D eigenvalue weighted by Gasteiger charge is -2.24. The summed E-state index contributed by atoms with van der Waals surface area (Å²) in [6, 6.07) is 26.3. The first-order valence-electron chi connectivity index (χ1n) is 12.4. The number of aromatic nitrogens is 1. The number of halogens is 1. The van der Waals surface area contributed by atoms with Gasteiger partial charge in [-0.15, -0.1) is 0 Å². The molecule has 0 aliphatic carbocycles. The van der Waals surface area contributed by atoms with E-state index in [-0.39, 0.29) is 23.1 Å². The van der Waals surface area contributed by atoms with Crippen LogP contribution in [0.5, 0.6) is 0 Å². The van der Waals surface area contributed by atoms with Crippen molar-refractivity contribution in [1.82, 2.24) is 4.98 Å². The van der Waals surface area contributed by atoms with Crippen LogP contribution in [0.15, 0.2) is 96.3 Å². The molecule has 0 bridgehead atoms. The van der Waals surface area contributed by atoms with Crippen LogP contribution in [-0.2, 0) is 10.3 Å². The number of hydrogen-bond acceptors (Lipinski definition) is 4. The fourth-order valence-electron chi connectivity index (χ4n) is 4.73. The Labute approximate surface area is 216 Å². The number of carbonyl (C=O) groups is 1. The van der Waals surface area contributed by atoms with E-state index in [1.54, 1.807) is 18.3 Å². The second-order valence-corrected chi connectivity index (χ2v) is 10.2. The van der Waals surface area contributed by atoms with E-state index in [2.05, 4.69) is 24.0 Å². The molecule has 1 aliphatic heterocycles. The lowest BCUT2D eigenvalue weighted by Crippen LogP contribution is -2.22. The first-order valence-corrected chi connectivity index (χ1v) is 12.4. The van der Waals surface area contributed by atoms with Crippen molar-refractivity contribution in [2.24, 2.45) is 5.16 Å². The van der Waals surface area contributed by atoms with E-state index in [9.17, 15) is 4.79 Å². The second-order valence-electron chi connectivity index (χ2n) is 10.2. The van der Waals surface area contributed by atoms with E-state index in [0.29, 0.717) is 35.2 Å². The molecular formula is C32H29FN2O2. The number of nitrogens with zero attached hydrogens (tertiary/aromatic N) is 2. The number of rotatable bonds is 7. The Morgan fingerprint density at radius 3 is 2.46 bits per heavy atom. The molecule has 1 aromatic heterocycles. The summed E-state index contributed by atoms with van der Waals surface area (Å²) in [6.07, 6.45) is 2.26. The minimum atomic E-state index is -0.359. The average Bonchev–Trinajstić information content (AvgIpc) is 3.40. The van der Waals surface area contributed by atoms with Crippen LogP contribution in [0.2, 0.25) is 0 Å². The topological polar surface area (TPSA) is 51.5 Å². The summed E-state index contributed by atoms with van der Waals surface area (Å²) in [7, 11) is 0. The molecular weight excluding hydrogens is 463 g/mol. The highest BCUT2D eigenvalue weighted by molar-refractivity contribution is 6.06. The van der Waals surface area contributed by atoms with Crippen molar-refractivity contribution >= 4 is 11.5 Å². The number of benzene rings is 3. The maximum atomic E-state index is 15.0. The van der Waals surface area contributed by atoms with Crippen molar-refractivity contribution in [3.8, 4) is 11.1 Å². The summed E-state index contributed by atoms with van der Waals surface area (Å²) >= 11 is 0. The molecule has 2 heterocycles. The van der Waals surface area contributed by atoms with E-state index in [4.69, 9.17) is 4.84 Å². The van der Waals surface area contributed by atoms with Crippen molar-refractivity contribution in [2.75, 3.05) is 0 Å². The predicted molar refractivity (Wildman–Crippen MR) is 144 cm³/mol. The van der Waals surface area contributed by atoms with Crippen molar-refractivity contribution in [2.45, 2.75) is 45.1 Å². The van der Waals surface area contributed by atoms with E-state index in [1.165, 1.54) is 6.07 Å². The van der Waals surface area contributed by atoms with Gasteiger partial charge in [0.2, 0.25) is 0 Å². The van der Waals surface area contributed by atoms with E-state index in [1.807, 2.05) is 73.7 Å². The molecule has 0 fully saturated rings. The largest absolute Gasteiger partial charge is 0.385 e. The Morgan fingerprint density at radius 2 is 1.73 bits per heavy atom. The highest BCUT2D eigenvalue weighted by Crippen LogP contribution is 2.34. The number of hydrogen-bond donors (Lipinski definition) is 0. The second kappa shape index (κ2) is 10.1. The fraction of sp³-hybridized carbons (Fsp3) is 0.219. The maximum Gasteiger partial charge on any atom is 0.174 e. The zero-order valence-electron chi connectivity index (χ0n) is 21.2. The molecule has 1 aliphatic rings. The number of oxime groups is 1. The third-order valence-corrected chi connectivity index (χ3v) is 6.87. The summed E-state index contributed by atoms with van der Waals surface area (Å²) in [5.41, 5.74) is 5.44. The van der Waals surface area contributed by atoms with Crippen LogP contribution in [-0.4, -0.2) is 16.5 Å². The molecule has 0 spiro atoms. The first kappa shape index (κ1) is 24.6. The highest BCUT2D eigenvalue weighted by atomic mass is 19.1. The molecule has 1 atom stereocenters. The van der Waals surface area contributed by atoms with Crippen molar-refractivity contribution in [3.63, 3.8) is 0 Å². The van der Waals surface area contributed by atoms with Gasteiger partial charge < -0.3 is 4.84 Å². The number of Topliss-reactive ketones (excluding diaryl/α,β-unsaturated/α-hetero) is 1. The van der Waals surface area contributed by atoms with Crippen LogP contribution >= 0.6 is 0 Å². The molecule has 3 aromatic carbocycles. The van der Waals surface area contributed by atoms with Crippen LogP contribution in [0.3, 0.4) is 0 Å². The lowest BCUT2D eigenvalue weighted by atomic mass is 9.79. The normalized spacial score (nSPS) is 15.2. The smallest absolute Gasteiger partial charge is 0.174 e. The maximum absolute atomic E-state index is 15.0. The summed E-state index contributed by atoms with van der Waals surface area (Å²) in [6.45, 7) is 5.99. The van der Waals surface area contributed by atoms with Gasteiger partial charge in [-0.1, -0.05) is 67.5 Å². The van der Waals surface area contributed by atoms with Crippen LogP contribution < -0.4 is 0 Å². The van der Waals surface area contributed by atoms with Gasteiger partial charge in [0, 0.05) is 35.7 Å². The summed E-state index contributed by atoms with van der Waals surface area (Å²) in [4.78, 5) is 23.7. The summed E-state index contributed by atoms with van der Waals surface area (Å²) < 4.78 is 15.0. The van der Waals surface area contributed by atoms with Gasteiger partial charge in [0.05, 0.1) is 11.4 Å². The molecule has 1 unspecified atom stereocenters. The molecule has 4 aromatic rings. The van der Waals surface area contributed by atoms with Gasteiger partial charge >= 0.3 is 0 Å². The molecule has 0 radical (unpaired) electrons. The van der Waals surface area contributed by atoms with Crippen molar-refractivity contribution < 1.29 is 14.0 Å². The molecule has 37 heavy (non-hydrogen) atoms. The van der Waals surface area contributed by atoms with Crippen LogP contribution in [0.1, 0.15) is 65.5 Å². The van der Waals surface area contributed by atoms with E-state index >= 15 is 4.39 Å². The molecule has 5 heteroatoms. The van der Waals surface area contributed by atoms with Gasteiger partial charge in [-0.2, -0.15) is 0 Å². The minimum absolute atomic E-state index is 0.00901. The Balaban J connectivity index is 1.51. The SMILES string of the molecule is Cc1ccc(-c2cc(C(=O)CC(C)(C)c3ccccc3)cc(C3=NOC(c4ccccn4)C3)c2)c(F)c1. The standard InChI is InChI=1S/C32H29FN2O2/c1-21-12-13-26(27(33)15-21)22-16-23(29-19-31(37-35-29)28-11-7-8-14-34-28)18-24(17-22)30(36)20-32(2,3)25-9-5-4-6-10-25/h4-18,31H,19-20H2,1-3H3. The minimum Gasteiger partial charge on any atom is -0.385 e. The average molecular weight is 493 g/mol. The molecule has 186 valence electrons. The molecule has 0 amide bonds. The summed E-state index contributed by atoms with van der Waals surface area (Å²) in [5, 5.41) is 4.33. The molecule has 5 rings (SSSR count). The van der Waals surface area contributed by atoms with Gasteiger partial charge in [0.1, 0.15) is 5.82 Å². The van der Waals surface area contributed by atoms with E-state index < -0.39 is 0 Å². The van der Waals surface area contributed by atoms with Gasteiger partial charge in [-0.05, 0) is 65.4 Å². The van der Waals surface area contributed by atoms with Gasteiger partial charge in [-0.25, -0.2) is 4.39 Å². The molecule has 4 nitrogen and oxygen atoms in total. The third-order valence-electron chi connectivity index (χ3n) is 6.87. The van der Waals surface area contributed by atoms with Crippen LogP contribution in [0.25, 0.3) is 11.1 Å². The first-order chi connectivity index (χ1) is 17.8. The number of pyridine rings is 1. The number of carbonyl (C=O) groups excluding carboxylic acids is 1. The fourth-order valence-corrected chi connectivity index (χ4v) is 4.73. The van der Waals surface area contributed by atoms with Gasteiger partial charge in [0.15, 0.2) is 11.9 Å². The zero-order valence-corrected chi connectivity index (χ0v) is 21.2. The van der Waals surface area contributed by atoms with Gasteiger partial charge in [-0.3, -0.25) is 9.78 Å². The quantitative estimate of drug-likeness (QED) is 0.249. The predicted octanol–water partition coefficient (Wildman–Crippen LogP) is 7.61. The van der Waals surface area contributed by atoms with Crippen molar-refractivity contribution in [1.29, 1.82) is 0 Å². The Hall–Kier alpha value is -4.12. The Morgan fingerprint density at radius 1 is 0.973 bits per heavy atom. The zero-order chi connectivity index (χ0) is 26.0. The van der Waals surface area contributed by atoms with Crippen LogP contribution in [0, 0.1) is 12.7 Å². The number of aryl methyl sites for hydroxylation is 1. The third kappa shape index (κ3) is 5.36.